The van der Waals surface area contributed by atoms with Gasteiger partial charge in [-0.15, -0.1) is 0 Å². The molecule has 4 heteroatoms. The third-order valence-corrected chi connectivity index (χ3v) is 3.72. The number of aromatic hydroxyl groups is 1. The Morgan fingerprint density at radius 2 is 1.60 bits per heavy atom. The van der Waals surface area contributed by atoms with E-state index in [2.05, 4.69) is 17.4 Å². The Morgan fingerprint density at radius 1 is 1.05 bits per heavy atom. The molecule has 2 N–H and O–H groups in total. The van der Waals surface area contributed by atoms with Crippen LogP contribution in [0.1, 0.15) is 16.7 Å². The summed E-state index contributed by atoms with van der Waals surface area (Å²) in [7, 11) is 0. The van der Waals surface area contributed by atoms with Crippen LogP contribution >= 0.6 is 0 Å². The number of benzene rings is 2. The van der Waals surface area contributed by atoms with Gasteiger partial charge < -0.3 is 10.4 Å². The molecule has 2 aromatic carbocycles. The minimum atomic E-state index is -0.920. The zero-order chi connectivity index (χ0) is 14.1. The molecule has 104 valence electrons. The van der Waals surface area contributed by atoms with Crippen molar-refractivity contribution in [3.8, 4) is 5.75 Å². The molecule has 0 heterocycles. The van der Waals surface area contributed by atoms with Gasteiger partial charge >= 0.3 is 0 Å². The molecular weight excluding hydrogens is 260 g/mol. The van der Waals surface area contributed by atoms with Crippen LogP contribution in [0.4, 0.5) is 8.78 Å². The SMILES string of the molecule is Oc1c(F)cc(CNC2Cc3ccccc3C2)cc1F. The van der Waals surface area contributed by atoms with Gasteiger partial charge in [0.05, 0.1) is 0 Å². The topological polar surface area (TPSA) is 32.3 Å². The van der Waals surface area contributed by atoms with Crippen molar-refractivity contribution in [3.05, 3.63) is 64.7 Å². The highest BCUT2D eigenvalue weighted by atomic mass is 19.1. The zero-order valence-corrected chi connectivity index (χ0v) is 10.9. The van der Waals surface area contributed by atoms with Gasteiger partial charge in [-0.05, 0) is 41.7 Å². The summed E-state index contributed by atoms with van der Waals surface area (Å²) in [6.45, 7) is 0.382. The highest BCUT2D eigenvalue weighted by molar-refractivity contribution is 5.34. The van der Waals surface area contributed by atoms with Crippen molar-refractivity contribution in [1.82, 2.24) is 5.32 Å². The number of phenolic OH excluding ortho intramolecular Hbond substituents is 1. The summed E-state index contributed by atoms with van der Waals surface area (Å²) in [6.07, 6.45) is 1.86. The minimum Gasteiger partial charge on any atom is -0.503 e. The van der Waals surface area contributed by atoms with Crippen molar-refractivity contribution < 1.29 is 13.9 Å². The number of nitrogens with one attached hydrogen (secondary N) is 1. The molecule has 0 saturated carbocycles. The van der Waals surface area contributed by atoms with Crippen LogP contribution in [0.25, 0.3) is 0 Å². The van der Waals surface area contributed by atoms with Gasteiger partial charge in [0.1, 0.15) is 0 Å². The van der Waals surface area contributed by atoms with E-state index in [0.717, 1.165) is 25.0 Å². The van der Waals surface area contributed by atoms with Crippen molar-refractivity contribution in [2.75, 3.05) is 0 Å². The summed E-state index contributed by atoms with van der Waals surface area (Å²) in [5, 5.41) is 12.4. The largest absolute Gasteiger partial charge is 0.503 e. The van der Waals surface area contributed by atoms with Gasteiger partial charge in [0, 0.05) is 12.6 Å². The Bertz CT molecular complexity index is 594. The number of phenols is 1. The van der Waals surface area contributed by atoms with Gasteiger partial charge in [0.2, 0.25) is 0 Å². The summed E-state index contributed by atoms with van der Waals surface area (Å²) in [4.78, 5) is 0. The van der Waals surface area contributed by atoms with Crippen molar-refractivity contribution in [3.63, 3.8) is 0 Å². The molecule has 1 aliphatic rings. The van der Waals surface area contributed by atoms with Gasteiger partial charge in [-0.1, -0.05) is 24.3 Å². The third kappa shape index (κ3) is 2.51. The molecule has 0 spiro atoms. The quantitative estimate of drug-likeness (QED) is 0.902. The average Bonchev–Trinajstić information content (AvgIpc) is 2.85. The van der Waals surface area contributed by atoms with Gasteiger partial charge in [-0.3, -0.25) is 0 Å². The molecule has 1 aliphatic carbocycles. The first-order valence-corrected chi connectivity index (χ1v) is 6.60. The van der Waals surface area contributed by atoms with Crippen molar-refractivity contribution >= 4 is 0 Å². The Morgan fingerprint density at radius 3 is 2.15 bits per heavy atom. The van der Waals surface area contributed by atoms with Gasteiger partial charge in [-0.2, -0.15) is 0 Å². The fraction of sp³-hybridized carbons (Fsp3) is 0.250. The molecule has 0 amide bonds. The number of fused-ring (bicyclic) bond motifs is 1. The molecule has 2 aromatic rings. The summed E-state index contributed by atoms with van der Waals surface area (Å²) in [5.74, 6) is -2.75. The second-order valence-electron chi connectivity index (χ2n) is 5.16. The standard InChI is InChI=1S/C16H15F2NO/c17-14-5-10(6-15(18)16(14)20)9-19-13-7-11-3-1-2-4-12(11)8-13/h1-6,13,19-20H,7-9H2. The Labute approximate surface area is 116 Å². The zero-order valence-electron chi connectivity index (χ0n) is 10.9. The fourth-order valence-corrected chi connectivity index (χ4v) is 2.69. The second kappa shape index (κ2) is 5.21. The molecular formula is C16H15F2NO. The second-order valence-corrected chi connectivity index (χ2v) is 5.16. The van der Waals surface area contributed by atoms with E-state index < -0.39 is 17.4 Å². The molecule has 0 fully saturated rings. The van der Waals surface area contributed by atoms with Crippen LogP contribution in [-0.2, 0) is 19.4 Å². The highest BCUT2D eigenvalue weighted by Gasteiger charge is 2.20. The first kappa shape index (κ1) is 13.1. The average molecular weight is 275 g/mol. The fourth-order valence-electron chi connectivity index (χ4n) is 2.69. The number of halogens is 2. The van der Waals surface area contributed by atoms with E-state index >= 15 is 0 Å². The molecule has 20 heavy (non-hydrogen) atoms. The number of rotatable bonds is 3. The molecule has 0 radical (unpaired) electrons. The van der Waals surface area contributed by atoms with E-state index in [0.29, 0.717) is 12.1 Å². The van der Waals surface area contributed by atoms with E-state index in [1.54, 1.807) is 0 Å². The van der Waals surface area contributed by atoms with E-state index in [9.17, 15) is 8.78 Å². The number of hydrogen-bond acceptors (Lipinski definition) is 2. The van der Waals surface area contributed by atoms with Gasteiger partial charge in [0.25, 0.3) is 0 Å². The van der Waals surface area contributed by atoms with Crippen LogP contribution in [0.15, 0.2) is 36.4 Å². The Hall–Kier alpha value is -1.94. The van der Waals surface area contributed by atoms with E-state index in [1.165, 1.54) is 11.1 Å². The molecule has 2 nitrogen and oxygen atoms in total. The monoisotopic (exact) mass is 275 g/mol. The summed E-state index contributed by atoms with van der Waals surface area (Å²) in [6, 6.07) is 10.9. The summed E-state index contributed by atoms with van der Waals surface area (Å²) < 4.78 is 26.5. The molecule has 0 bridgehead atoms. The molecule has 3 rings (SSSR count). The van der Waals surface area contributed by atoms with E-state index in [1.807, 2.05) is 12.1 Å². The lowest BCUT2D eigenvalue weighted by Crippen LogP contribution is -2.29. The molecule has 0 aromatic heterocycles. The maximum absolute atomic E-state index is 13.2. The first-order chi connectivity index (χ1) is 9.63. The van der Waals surface area contributed by atoms with Gasteiger partial charge in [-0.25, -0.2) is 8.78 Å². The van der Waals surface area contributed by atoms with Crippen molar-refractivity contribution in [2.45, 2.75) is 25.4 Å². The maximum atomic E-state index is 13.2. The lowest BCUT2D eigenvalue weighted by Gasteiger charge is -2.12. The van der Waals surface area contributed by atoms with Crippen LogP contribution in [0.2, 0.25) is 0 Å². The molecule has 0 saturated heterocycles. The van der Waals surface area contributed by atoms with E-state index in [4.69, 9.17) is 5.11 Å². The van der Waals surface area contributed by atoms with Crippen molar-refractivity contribution in [1.29, 1.82) is 0 Å². The van der Waals surface area contributed by atoms with Crippen LogP contribution in [0.3, 0.4) is 0 Å². The van der Waals surface area contributed by atoms with Crippen LogP contribution < -0.4 is 5.32 Å². The molecule has 0 atom stereocenters. The number of hydrogen-bond donors (Lipinski definition) is 2. The van der Waals surface area contributed by atoms with Crippen LogP contribution in [0, 0.1) is 11.6 Å². The Balaban J connectivity index is 1.64. The highest BCUT2D eigenvalue weighted by Crippen LogP contribution is 2.23. The smallest absolute Gasteiger partial charge is 0.187 e. The lowest BCUT2D eigenvalue weighted by molar-refractivity contribution is 0.394. The Kier molecular flexibility index (Phi) is 3.40. The molecule has 0 unspecified atom stereocenters. The predicted octanol–water partition coefficient (Wildman–Crippen LogP) is 2.93. The molecule has 0 aliphatic heterocycles. The predicted molar refractivity (Wildman–Crippen MR) is 72.5 cm³/mol. The first-order valence-electron chi connectivity index (χ1n) is 6.60. The summed E-state index contributed by atoms with van der Waals surface area (Å²) in [5.41, 5.74) is 3.15. The normalized spacial score (nSPS) is 14.5. The van der Waals surface area contributed by atoms with Crippen LogP contribution in [-0.4, -0.2) is 11.1 Å². The van der Waals surface area contributed by atoms with Crippen LogP contribution in [0.5, 0.6) is 5.75 Å². The lowest BCUT2D eigenvalue weighted by atomic mass is 10.1. The van der Waals surface area contributed by atoms with Gasteiger partial charge in [0.15, 0.2) is 17.4 Å². The third-order valence-electron chi connectivity index (χ3n) is 3.72. The minimum absolute atomic E-state index is 0.285. The van der Waals surface area contributed by atoms with Crippen molar-refractivity contribution in [2.24, 2.45) is 0 Å². The summed E-state index contributed by atoms with van der Waals surface area (Å²) >= 11 is 0. The maximum Gasteiger partial charge on any atom is 0.187 e. The van der Waals surface area contributed by atoms with E-state index in [-0.39, 0.29) is 6.04 Å².